The Hall–Kier alpha value is -2.17. The van der Waals surface area contributed by atoms with Crippen molar-refractivity contribution >= 4 is 17.9 Å². The Labute approximate surface area is 100 Å². The van der Waals surface area contributed by atoms with Crippen molar-refractivity contribution in [3.8, 4) is 0 Å². The number of carbonyl (C=O) groups excluding carboxylic acids is 1. The standard InChI is InChI=1S/C12H16N4O/c1-8(2)10-4-3-5-11(15-10)16-12(17)9(6-13)7-14/h3-8,13H,14H2,1-2H3,(H,15,16,17)/b9-7+,13-6?. The highest BCUT2D eigenvalue weighted by Gasteiger charge is 2.08. The lowest BCUT2D eigenvalue weighted by atomic mass is 10.1. The van der Waals surface area contributed by atoms with E-state index < -0.39 is 5.91 Å². The third kappa shape index (κ3) is 3.41. The van der Waals surface area contributed by atoms with Crippen molar-refractivity contribution in [2.45, 2.75) is 19.8 Å². The zero-order valence-corrected chi connectivity index (χ0v) is 9.90. The van der Waals surface area contributed by atoms with Gasteiger partial charge in [0.1, 0.15) is 5.82 Å². The van der Waals surface area contributed by atoms with Crippen molar-refractivity contribution in [2.24, 2.45) is 5.73 Å². The Kier molecular flexibility index (Phi) is 4.39. The van der Waals surface area contributed by atoms with Crippen LogP contribution in [0.25, 0.3) is 0 Å². The lowest BCUT2D eigenvalue weighted by Crippen LogP contribution is -2.17. The summed E-state index contributed by atoms with van der Waals surface area (Å²) in [6.07, 6.45) is 2.00. The lowest BCUT2D eigenvalue weighted by molar-refractivity contribution is -0.112. The van der Waals surface area contributed by atoms with E-state index in [2.05, 4.69) is 10.3 Å². The molecule has 0 saturated carbocycles. The van der Waals surface area contributed by atoms with Crippen molar-refractivity contribution in [3.63, 3.8) is 0 Å². The lowest BCUT2D eigenvalue weighted by Gasteiger charge is -2.08. The first-order valence-electron chi connectivity index (χ1n) is 5.29. The average molecular weight is 232 g/mol. The second kappa shape index (κ2) is 5.79. The minimum Gasteiger partial charge on any atom is -0.404 e. The number of aromatic nitrogens is 1. The second-order valence-corrected chi connectivity index (χ2v) is 3.82. The Morgan fingerprint density at radius 1 is 1.53 bits per heavy atom. The first-order chi connectivity index (χ1) is 8.08. The molecule has 0 atom stereocenters. The molecular formula is C12H16N4O. The SMILES string of the molecule is CC(C)c1cccc(NC(=O)/C(C=N)=C/N)n1. The van der Waals surface area contributed by atoms with E-state index in [1.165, 1.54) is 0 Å². The molecule has 17 heavy (non-hydrogen) atoms. The van der Waals surface area contributed by atoms with Crippen LogP contribution in [-0.2, 0) is 4.79 Å². The third-order valence-electron chi connectivity index (χ3n) is 2.20. The molecule has 1 aromatic rings. The van der Waals surface area contributed by atoms with Crippen LogP contribution in [-0.4, -0.2) is 17.1 Å². The van der Waals surface area contributed by atoms with E-state index in [4.69, 9.17) is 11.1 Å². The predicted octanol–water partition coefficient (Wildman–Crippen LogP) is 1.64. The maximum Gasteiger partial charge on any atom is 0.259 e. The monoisotopic (exact) mass is 232 g/mol. The maximum absolute atomic E-state index is 11.6. The van der Waals surface area contributed by atoms with E-state index in [-0.39, 0.29) is 5.57 Å². The van der Waals surface area contributed by atoms with E-state index >= 15 is 0 Å². The Balaban J connectivity index is 2.85. The Morgan fingerprint density at radius 2 is 2.24 bits per heavy atom. The summed E-state index contributed by atoms with van der Waals surface area (Å²) in [6, 6.07) is 5.42. The van der Waals surface area contributed by atoms with Gasteiger partial charge in [0, 0.05) is 18.1 Å². The van der Waals surface area contributed by atoms with Gasteiger partial charge in [0.05, 0.1) is 5.57 Å². The third-order valence-corrected chi connectivity index (χ3v) is 2.20. The molecule has 0 fully saturated rings. The van der Waals surface area contributed by atoms with Gasteiger partial charge in [-0.2, -0.15) is 0 Å². The van der Waals surface area contributed by atoms with Crippen molar-refractivity contribution < 1.29 is 4.79 Å². The number of hydrogen-bond donors (Lipinski definition) is 3. The number of hydrogen-bond acceptors (Lipinski definition) is 4. The predicted molar refractivity (Wildman–Crippen MR) is 68.0 cm³/mol. The molecular weight excluding hydrogens is 216 g/mol. The summed E-state index contributed by atoms with van der Waals surface area (Å²) in [5, 5.41) is 9.60. The molecule has 1 aromatic heterocycles. The number of nitrogens with one attached hydrogen (secondary N) is 2. The molecule has 1 heterocycles. The summed E-state index contributed by atoms with van der Waals surface area (Å²) in [7, 11) is 0. The first kappa shape index (κ1) is 12.9. The summed E-state index contributed by atoms with van der Waals surface area (Å²) < 4.78 is 0. The number of nitrogens with zero attached hydrogens (tertiary/aromatic N) is 1. The highest BCUT2D eigenvalue weighted by molar-refractivity contribution is 6.16. The highest BCUT2D eigenvalue weighted by atomic mass is 16.1. The van der Waals surface area contributed by atoms with Gasteiger partial charge in [-0.15, -0.1) is 0 Å². The number of anilines is 1. The maximum atomic E-state index is 11.6. The van der Waals surface area contributed by atoms with Crippen molar-refractivity contribution in [1.82, 2.24) is 4.98 Å². The van der Waals surface area contributed by atoms with Crippen LogP contribution in [0.1, 0.15) is 25.5 Å². The van der Waals surface area contributed by atoms with Crippen molar-refractivity contribution in [2.75, 3.05) is 5.32 Å². The van der Waals surface area contributed by atoms with Gasteiger partial charge in [-0.3, -0.25) is 4.79 Å². The minimum atomic E-state index is -0.434. The molecule has 0 aliphatic rings. The van der Waals surface area contributed by atoms with Gasteiger partial charge in [0.2, 0.25) is 0 Å². The van der Waals surface area contributed by atoms with Gasteiger partial charge < -0.3 is 16.5 Å². The fraction of sp³-hybridized carbons (Fsp3) is 0.250. The van der Waals surface area contributed by atoms with E-state index in [0.717, 1.165) is 18.1 Å². The van der Waals surface area contributed by atoms with Crippen LogP contribution in [0.2, 0.25) is 0 Å². The summed E-state index contributed by atoms with van der Waals surface area (Å²) >= 11 is 0. The number of nitrogens with two attached hydrogens (primary N) is 1. The van der Waals surface area contributed by atoms with E-state index in [1.807, 2.05) is 26.0 Å². The summed E-state index contributed by atoms with van der Waals surface area (Å²) in [4.78, 5) is 15.9. The Bertz CT molecular complexity index is 452. The quantitative estimate of drug-likeness (QED) is 0.544. The number of amides is 1. The largest absolute Gasteiger partial charge is 0.404 e. The first-order valence-corrected chi connectivity index (χ1v) is 5.29. The van der Waals surface area contributed by atoms with Gasteiger partial charge in [-0.1, -0.05) is 19.9 Å². The van der Waals surface area contributed by atoms with Crippen molar-refractivity contribution in [3.05, 3.63) is 35.7 Å². The second-order valence-electron chi connectivity index (χ2n) is 3.82. The average Bonchev–Trinajstić information content (AvgIpc) is 2.30. The summed E-state index contributed by atoms with van der Waals surface area (Å²) in [5.74, 6) is 0.317. The molecule has 90 valence electrons. The number of pyridine rings is 1. The molecule has 0 bridgehead atoms. The number of carbonyl (C=O) groups is 1. The molecule has 0 unspecified atom stereocenters. The van der Waals surface area contributed by atoms with Gasteiger partial charge in [-0.25, -0.2) is 4.98 Å². The molecule has 1 rings (SSSR count). The van der Waals surface area contributed by atoms with Crippen LogP contribution in [0.4, 0.5) is 5.82 Å². The molecule has 4 N–H and O–H groups in total. The summed E-state index contributed by atoms with van der Waals surface area (Å²) in [5.41, 5.74) is 6.22. The van der Waals surface area contributed by atoms with Gasteiger partial charge in [-0.05, 0) is 18.1 Å². The summed E-state index contributed by atoms with van der Waals surface area (Å²) in [6.45, 7) is 4.05. The van der Waals surface area contributed by atoms with Gasteiger partial charge in [0.15, 0.2) is 0 Å². The zero-order valence-electron chi connectivity index (χ0n) is 9.90. The fourth-order valence-corrected chi connectivity index (χ4v) is 1.22. The zero-order chi connectivity index (χ0) is 12.8. The molecule has 5 heteroatoms. The Morgan fingerprint density at radius 3 is 2.76 bits per heavy atom. The normalized spacial score (nSPS) is 11.4. The molecule has 1 amide bonds. The van der Waals surface area contributed by atoms with Crippen LogP contribution in [0.5, 0.6) is 0 Å². The van der Waals surface area contributed by atoms with E-state index in [1.54, 1.807) is 6.07 Å². The van der Waals surface area contributed by atoms with Crippen LogP contribution < -0.4 is 11.1 Å². The molecule has 0 aromatic carbocycles. The fourth-order valence-electron chi connectivity index (χ4n) is 1.22. The smallest absolute Gasteiger partial charge is 0.259 e. The minimum absolute atomic E-state index is 0.0988. The van der Waals surface area contributed by atoms with Gasteiger partial charge >= 0.3 is 0 Å². The van der Waals surface area contributed by atoms with Crippen molar-refractivity contribution in [1.29, 1.82) is 5.41 Å². The van der Waals surface area contributed by atoms with E-state index in [0.29, 0.717) is 11.7 Å². The number of rotatable bonds is 4. The molecule has 0 aliphatic heterocycles. The van der Waals surface area contributed by atoms with Crippen LogP contribution in [0.3, 0.4) is 0 Å². The molecule has 5 nitrogen and oxygen atoms in total. The molecule has 0 saturated heterocycles. The van der Waals surface area contributed by atoms with Crippen LogP contribution in [0, 0.1) is 5.41 Å². The van der Waals surface area contributed by atoms with Gasteiger partial charge in [0.25, 0.3) is 5.91 Å². The topological polar surface area (TPSA) is 91.9 Å². The molecule has 0 spiro atoms. The van der Waals surface area contributed by atoms with Crippen LogP contribution in [0.15, 0.2) is 30.0 Å². The molecule has 0 aliphatic carbocycles. The molecule has 0 radical (unpaired) electrons. The van der Waals surface area contributed by atoms with E-state index in [9.17, 15) is 4.79 Å². The van der Waals surface area contributed by atoms with Crippen LogP contribution >= 0.6 is 0 Å². The highest BCUT2D eigenvalue weighted by Crippen LogP contribution is 2.14.